The Hall–Kier alpha value is -7.16. The van der Waals surface area contributed by atoms with Crippen molar-refractivity contribution in [2.45, 2.75) is 0 Å². The summed E-state index contributed by atoms with van der Waals surface area (Å²) in [6, 6.07) is 75.3. The van der Waals surface area contributed by atoms with Gasteiger partial charge in [-0.05, 0) is 117 Å². The quantitative estimate of drug-likeness (QED) is 0.171. The second-order valence-corrected chi connectivity index (χ2v) is 14.2. The van der Waals surface area contributed by atoms with Crippen LogP contribution in [0.1, 0.15) is 0 Å². The van der Waals surface area contributed by atoms with Crippen LogP contribution >= 0.6 is 0 Å². The van der Waals surface area contributed by atoms with Crippen LogP contribution in [-0.2, 0) is 0 Å². The van der Waals surface area contributed by atoms with Gasteiger partial charge in [0.25, 0.3) is 0 Å². The SMILES string of the molecule is c1ccc(-c2cc(-c3ccccc3)cc(-c3ccc(-n4c5cc6ccccc6cc5c5cc6c(cc54)c4ccccc4n6-c4ccccc4)cc3)c2)cc1. The number of benzene rings is 9. The van der Waals surface area contributed by atoms with Gasteiger partial charge in [-0.15, -0.1) is 0 Å². The third-order valence-corrected chi connectivity index (χ3v) is 11.0. The molecule has 2 nitrogen and oxygen atoms in total. The van der Waals surface area contributed by atoms with Crippen LogP contribution in [0.2, 0.25) is 0 Å². The van der Waals surface area contributed by atoms with Gasteiger partial charge in [0.1, 0.15) is 0 Å². The Morgan fingerprint density at radius 3 is 1.24 bits per heavy atom. The van der Waals surface area contributed by atoms with E-state index < -0.39 is 0 Å². The smallest absolute Gasteiger partial charge is 0.0548 e. The molecule has 11 rings (SSSR count). The van der Waals surface area contributed by atoms with Crippen molar-refractivity contribution in [3.05, 3.63) is 206 Å². The van der Waals surface area contributed by atoms with Crippen LogP contribution < -0.4 is 0 Å². The van der Waals surface area contributed by atoms with Crippen LogP contribution in [0.15, 0.2) is 206 Å². The van der Waals surface area contributed by atoms with E-state index >= 15 is 0 Å². The Bertz CT molecular complexity index is 3110. The predicted octanol–water partition coefficient (Wildman–Crippen LogP) is 14.0. The number of nitrogens with zero attached hydrogens (tertiary/aromatic N) is 2. The summed E-state index contributed by atoms with van der Waals surface area (Å²) in [5, 5.41) is 7.48. The molecule has 0 fully saturated rings. The highest BCUT2D eigenvalue weighted by molar-refractivity contribution is 6.20. The molecular weight excluding hydrogens is 653 g/mol. The van der Waals surface area contributed by atoms with E-state index in [0.29, 0.717) is 0 Å². The molecule has 0 spiro atoms. The van der Waals surface area contributed by atoms with Gasteiger partial charge in [0.2, 0.25) is 0 Å². The van der Waals surface area contributed by atoms with E-state index in [9.17, 15) is 0 Å². The van der Waals surface area contributed by atoms with Gasteiger partial charge in [-0.1, -0.05) is 133 Å². The number of rotatable bonds is 5. The second-order valence-electron chi connectivity index (χ2n) is 14.2. The number of fused-ring (bicyclic) bond motifs is 7. The monoisotopic (exact) mass is 686 g/mol. The summed E-state index contributed by atoms with van der Waals surface area (Å²) >= 11 is 0. The van der Waals surface area contributed by atoms with E-state index in [0.717, 1.165) is 5.69 Å². The molecule has 9 aromatic carbocycles. The van der Waals surface area contributed by atoms with Gasteiger partial charge in [-0.3, -0.25) is 0 Å². The predicted molar refractivity (Wildman–Crippen MR) is 229 cm³/mol. The lowest BCUT2D eigenvalue weighted by atomic mass is 9.93. The Morgan fingerprint density at radius 2 is 0.630 bits per heavy atom. The van der Waals surface area contributed by atoms with Crippen molar-refractivity contribution in [3.63, 3.8) is 0 Å². The molecule has 252 valence electrons. The molecule has 0 amide bonds. The maximum Gasteiger partial charge on any atom is 0.0548 e. The second kappa shape index (κ2) is 12.2. The fourth-order valence-electron chi connectivity index (χ4n) is 8.49. The summed E-state index contributed by atoms with van der Waals surface area (Å²) in [7, 11) is 0. The molecule has 0 aliphatic heterocycles. The van der Waals surface area contributed by atoms with E-state index in [1.54, 1.807) is 0 Å². The van der Waals surface area contributed by atoms with Crippen molar-refractivity contribution >= 4 is 54.4 Å². The first-order chi connectivity index (χ1) is 26.8. The molecule has 0 aliphatic carbocycles. The summed E-state index contributed by atoms with van der Waals surface area (Å²) in [6.45, 7) is 0. The standard InChI is InChI=1S/C52H34N2/c1-4-14-35(15-5-1)40-28-41(36-16-6-2-7-17-36)30-42(29-40)37-24-26-44(27-25-37)54-50-32-39-19-11-10-18-38(39)31-46(50)48-34-51-47(33-52(48)54)45-22-12-13-23-49(45)53(51)43-20-8-3-9-21-43/h1-34H. The van der Waals surface area contributed by atoms with Crippen molar-refractivity contribution < 1.29 is 0 Å². The van der Waals surface area contributed by atoms with Gasteiger partial charge in [-0.25, -0.2) is 0 Å². The zero-order chi connectivity index (χ0) is 35.6. The van der Waals surface area contributed by atoms with Gasteiger partial charge in [0.05, 0.1) is 22.1 Å². The minimum Gasteiger partial charge on any atom is -0.309 e. The first-order valence-corrected chi connectivity index (χ1v) is 18.6. The maximum atomic E-state index is 2.46. The average molecular weight is 687 g/mol. The molecule has 0 unspecified atom stereocenters. The molecule has 54 heavy (non-hydrogen) atoms. The number of hydrogen-bond acceptors (Lipinski definition) is 0. The van der Waals surface area contributed by atoms with Crippen LogP contribution in [0.25, 0.3) is 99.1 Å². The van der Waals surface area contributed by atoms with E-state index in [1.807, 2.05) is 0 Å². The van der Waals surface area contributed by atoms with E-state index in [-0.39, 0.29) is 0 Å². The Kier molecular flexibility index (Phi) is 6.90. The Balaban J connectivity index is 1.14. The van der Waals surface area contributed by atoms with Crippen molar-refractivity contribution in [2.75, 3.05) is 0 Å². The van der Waals surface area contributed by atoms with Crippen molar-refractivity contribution in [3.8, 4) is 44.8 Å². The summed E-state index contributed by atoms with van der Waals surface area (Å²) in [6.07, 6.45) is 0. The summed E-state index contributed by atoms with van der Waals surface area (Å²) in [5.41, 5.74) is 14.4. The molecule has 0 radical (unpaired) electrons. The molecule has 0 saturated heterocycles. The number of para-hydroxylation sites is 2. The zero-order valence-electron chi connectivity index (χ0n) is 29.5. The normalized spacial score (nSPS) is 11.7. The zero-order valence-corrected chi connectivity index (χ0v) is 29.5. The molecule has 2 heterocycles. The topological polar surface area (TPSA) is 9.86 Å². The van der Waals surface area contributed by atoms with Crippen molar-refractivity contribution in [1.29, 1.82) is 0 Å². The number of aromatic nitrogens is 2. The highest BCUT2D eigenvalue weighted by Crippen LogP contribution is 2.41. The third kappa shape index (κ3) is 4.88. The van der Waals surface area contributed by atoms with Gasteiger partial charge in [0, 0.05) is 32.9 Å². The fourth-order valence-corrected chi connectivity index (χ4v) is 8.49. The number of hydrogen-bond donors (Lipinski definition) is 0. The average Bonchev–Trinajstić information content (AvgIpc) is 3.74. The lowest BCUT2D eigenvalue weighted by Gasteiger charge is -2.13. The first kappa shape index (κ1) is 30.5. The molecular formula is C52H34N2. The molecule has 0 aliphatic rings. The third-order valence-electron chi connectivity index (χ3n) is 11.0. The molecule has 2 aromatic heterocycles. The largest absolute Gasteiger partial charge is 0.309 e. The molecule has 0 saturated carbocycles. The van der Waals surface area contributed by atoms with Crippen LogP contribution in [0.4, 0.5) is 0 Å². The summed E-state index contributed by atoms with van der Waals surface area (Å²) in [4.78, 5) is 0. The molecule has 0 N–H and O–H groups in total. The lowest BCUT2D eigenvalue weighted by molar-refractivity contribution is 1.18. The van der Waals surface area contributed by atoms with Gasteiger partial charge in [-0.2, -0.15) is 0 Å². The Morgan fingerprint density at radius 1 is 0.222 bits per heavy atom. The summed E-state index contributed by atoms with van der Waals surface area (Å²) in [5.74, 6) is 0. The highest BCUT2D eigenvalue weighted by atomic mass is 15.0. The Labute approximate surface area is 313 Å². The summed E-state index contributed by atoms with van der Waals surface area (Å²) < 4.78 is 4.88. The minimum absolute atomic E-state index is 1.14. The van der Waals surface area contributed by atoms with E-state index in [4.69, 9.17) is 0 Å². The van der Waals surface area contributed by atoms with Crippen LogP contribution in [-0.4, -0.2) is 9.13 Å². The molecule has 0 bridgehead atoms. The van der Waals surface area contributed by atoms with Crippen molar-refractivity contribution in [2.24, 2.45) is 0 Å². The minimum atomic E-state index is 1.14. The maximum absolute atomic E-state index is 2.46. The molecule has 2 heteroatoms. The van der Waals surface area contributed by atoms with E-state index in [1.165, 1.54) is 93.5 Å². The van der Waals surface area contributed by atoms with Gasteiger partial charge >= 0.3 is 0 Å². The lowest BCUT2D eigenvalue weighted by Crippen LogP contribution is -1.95. The fraction of sp³-hybridized carbons (Fsp3) is 0. The van der Waals surface area contributed by atoms with Crippen LogP contribution in [0.5, 0.6) is 0 Å². The van der Waals surface area contributed by atoms with Gasteiger partial charge in [0.15, 0.2) is 0 Å². The van der Waals surface area contributed by atoms with Crippen LogP contribution in [0, 0.1) is 0 Å². The van der Waals surface area contributed by atoms with E-state index in [2.05, 4.69) is 215 Å². The highest BCUT2D eigenvalue weighted by Gasteiger charge is 2.19. The van der Waals surface area contributed by atoms with Gasteiger partial charge < -0.3 is 9.13 Å². The van der Waals surface area contributed by atoms with Crippen molar-refractivity contribution in [1.82, 2.24) is 9.13 Å². The first-order valence-electron chi connectivity index (χ1n) is 18.6. The molecule has 0 atom stereocenters. The molecule has 11 aromatic rings. The van der Waals surface area contributed by atoms with Crippen LogP contribution in [0.3, 0.4) is 0 Å².